The van der Waals surface area contributed by atoms with Crippen LogP contribution >= 0.6 is 0 Å². The van der Waals surface area contributed by atoms with Crippen LogP contribution in [-0.4, -0.2) is 47.2 Å². The monoisotopic (exact) mass is 298 g/mol. The number of benzene rings is 1. The number of fused-ring (bicyclic) bond motifs is 2. The average Bonchev–Trinajstić information content (AvgIpc) is 3.10. The molecule has 0 bridgehead atoms. The second kappa shape index (κ2) is 5.72. The van der Waals surface area contributed by atoms with Crippen molar-refractivity contribution in [3.8, 4) is 0 Å². The van der Waals surface area contributed by atoms with E-state index in [9.17, 15) is 4.79 Å². The molecule has 1 aromatic carbocycles. The first-order valence-electron chi connectivity index (χ1n) is 8.22. The minimum Gasteiger partial charge on any atom is -0.342 e. The minimum atomic E-state index is 0.224. The third kappa shape index (κ3) is 2.50. The quantitative estimate of drug-likeness (QED) is 0.884. The van der Waals surface area contributed by atoms with Crippen LogP contribution in [0, 0.1) is 11.8 Å². The number of H-pyrrole nitrogens is 1. The molecule has 2 N–H and O–H groups in total. The first kappa shape index (κ1) is 13.8. The van der Waals surface area contributed by atoms with E-state index in [0.29, 0.717) is 6.42 Å². The first-order chi connectivity index (χ1) is 10.8. The summed E-state index contributed by atoms with van der Waals surface area (Å²) in [7, 11) is 0. The van der Waals surface area contributed by atoms with Gasteiger partial charge in [0.2, 0.25) is 5.91 Å². The molecule has 116 valence electrons. The van der Waals surface area contributed by atoms with Crippen molar-refractivity contribution in [2.24, 2.45) is 11.8 Å². The summed E-state index contributed by atoms with van der Waals surface area (Å²) in [5, 5.41) is 11.8. The Bertz CT molecular complexity index is 666. The van der Waals surface area contributed by atoms with Gasteiger partial charge in [-0.2, -0.15) is 5.10 Å². The zero-order valence-corrected chi connectivity index (χ0v) is 12.7. The van der Waals surface area contributed by atoms with Crippen LogP contribution in [0.1, 0.15) is 18.5 Å². The maximum atomic E-state index is 12.6. The van der Waals surface area contributed by atoms with Crippen molar-refractivity contribution < 1.29 is 4.79 Å². The summed E-state index contributed by atoms with van der Waals surface area (Å²) in [5.41, 5.74) is 1.87. The SMILES string of the molecule is O=C(Cc1[nH]nc2ccccc12)N1CC[C@@H]2CNC[C@@H]2CC1. The fourth-order valence-electron chi connectivity index (χ4n) is 3.88. The van der Waals surface area contributed by atoms with Crippen LogP contribution in [0.3, 0.4) is 0 Å². The molecule has 2 saturated heterocycles. The van der Waals surface area contributed by atoms with Crippen LogP contribution in [0.2, 0.25) is 0 Å². The molecule has 2 atom stereocenters. The van der Waals surface area contributed by atoms with Gasteiger partial charge in [-0.25, -0.2) is 0 Å². The molecule has 2 aliphatic heterocycles. The molecule has 22 heavy (non-hydrogen) atoms. The van der Waals surface area contributed by atoms with Crippen molar-refractivity contribution >= 4 is 16.8 Å². The number of aromatic amines is 1. The molecular weight excluding hydrogens is 276 g/mol. The van der Waals surface area contributed by atoms with Crippen LogP contribution in [0.5, 0.6) is 0 Å². The number of aromatic nitrogens is 2. The molecule has 3 heterocycles. The van der Waals surface area contributed by atoms with E-state index in [4.69, 9.17) is 0 Å². The Balaban J connectivity index is 1.45. The lowest BCUT2D eigenvalue weighted by Crippen LogP contribution is -2.34. The van der Waals surface area contributed by atoms with Crippen molar-refractivity contribution in [3.63, 3.8) is 0 Å². The average molecular weight is 298 g/mol. The molecule has 1 aromatic heterocycles. The van der Waals surface area contributed by atoms with Crippen LogP contribution in [0.15, 0.2) is 24.3 Å². The molecule has 4 rings (SSSR count). The Hall–Kier alpha value is -1.88. The number of nitrogens with one attached hydrogen (secondary N) is 2. The lowest BCUT2D eigenvalue weighted by atomic mass is 9.92. The van der Waals surface area contributed by atoms with Crippen molar-refractivity contribution in [2.45, 2.75) is 19.3 Å². The van der Waals surface area contributed by atoms with Gasteiger partial charge in [-0.1, -0.05) is 18.2 Å². The molecular formula is C17H22N4O. The van der Waals surface area contributed by atoms with Gasteiger partial charge in [-0.15, -0.1) is 0 Å². The minimum absolute atomic E-state index is 0.224. The summed E-state index contributed by atoms with van der Waals surface area (Å²) >= 11 is 0. The van der Waals surface area contributed by atoms with Gasteiger partial charge < -0.3 is 10.2 Å². The van der Waals surface area contributed by atoms with E-state index in [1.54, 1.807) is 0 Å². The molecule has 0 unspecified atom stereocenters. The molecule has 2 aliphatic rings. The number of hydrogen-bond donors (Lipinski definition) is 2. The lowest BCUT2D eigenvalue weighted by molar-refractivity contribution is -0.130. The maximum absolute atomic E-state index is 12.6. The fourth-order valence-corrected chi connectivity index (χ4v) is 3.88. The lowest BCUT2D eigenvalue weighted by Gasteiger charge is -2.20. The second-order valence-electron chi connectivity index (χ2n) is 6.53. The highest BCUT2D eigenvalue weighted by Crippen LogP contribution is 2.27. The molecule has 2 fully saturated rings. The Morgan fingerprint density at radius 3 is 2.68 bits per heavy atom. The number of likely N-dealkylation sites (tertiary alicyclic amines) is 1. The Kier molecular flexibility index (Phi) is 3.58. The van der Waals surface area contributed by atoms with Gasteiger partial charge in [0, 0.05) is 18.5 Å². The van der Waals surface area contributed by atoms with Crippen molar-refractivity contribution in [3.05, 3.63) is 30.0 Å². The van der Waals surface area contributed by atoms with E-state index in [1.165, 1.54) is 0 Å². The van der Waals surface area contributed by atoms with Crippen LogP contribution in [0.25, 0.3) is 10.9 Å². The van der Waals surface area contributed by atoms with Gasteiger partial charge in [0.1, 0.15) is 0 Å². The van der Waals surface area contributed by atoms with Gasteiger partial charge in [0.15, 0.2) is 0 Å². The number of carbonyl (C=O) groups is 1. The summed E-state index contributed by atoms with van der Waals surface area (Å²) in [4.78, 5) is 14.7. The largest absolute Gasteiger partial charge is 0.342 e. The zero-order chi connectivity index (χ0) is 14.9. The van der Waals surface area contributed by atoms with Crippen LogP contribution in [0.4, 0.5) is 0 Å². The summed E-state index contributed by atoms with van der Waals surface area (Å²) in [6.45, 7) is 4.04. The third-order valence-corrected chi connectivity index (χ3v) is 5.24. The molecule has 0 radical (unpaired) electrons. The predicted molar refractivity (Wildman–Crippen MR) is 85.5 cm³/mol. The first-order valence-corrected chi connectivity index (χ1v) is 8.22. The Morgan fingerprint density at radius 1 is 1.18 bits per heavy atom. The van der Waals surface area contributed by atoms with E-state index >= 15 is 0 Å². The highest BCUT2D eigenvalue weighted by atomic mass is 16.2. The van der Waals surface area contributed by atoms with E-state index in [2.05, 4.69) is 15.5 Å². The highest BCUT2D eigenvalue weighted by molar-refractivity contribution is 5.87. The van der Waals surface area contributed by atoms with Crippen molar-refractivity contribution in [1.29, 1.82) is 0 Å². The maximum Gasteiger partial charge on any atom is 0.228 e. The number of rotatable bonds is 2. The Morgan fingerprint density at radius 2 is 1.91 bits per heavy atom. The summed E-state index contributed by atoms with van der Waals surface area (Å²) < 4.78 is 0. The van der Waals surface area contributed by atoms with Gasteiger partial charge in [-0.05, 0) is 43.8 Å². The van der Waals surface area contributed by atoms with E-state index < -0.39 is 0 Å². The third-order valence-electron chi connectivity index (χ3n) is 5.24. The van der Waals surface area contributed by atoms with Crippen LogP contribution < -0.4 is 5.32 Å². The molecule has 2 aromatic rings. The molecule has 1 amide bonds. The van der Waals surface area contributed by atoms with E-state index in [0.717, 1.165) is 67.5 Å². The molecule has 0 spiro atoms. The second-order valence-corrected chi connectivity index (χ2v) is 6.53. The highest BCUT2D eigenvalue weighted by Gasteiger charge is 2.31. The zero-order valence-electron chi connectivity index (χ0n) is 12.7. The molecule has 0 saturated carbocycles. The van der Waals surface area contributed by atoms with Gasteiger partial charge >= 0.3 is 0 Å². The number of para-hydroxylation sites is 1. The van der Waals surface area contributed by atoms with E-state index in [-0.39, 0.29) is 5.91 Å². The summed E-state index contributed by atoms with van der Waals surface area (Å²) in [5.74, 6) is 1.74. The fraction of sp³-hybridized carbons (Fsp3) is 0.529. The number of carbonyl (C=O) groups excluding carboxylic acids is 1. The summed E-state index contributed by atoms with van der Waals surface area (Å²) in [6, 6.07) is 7.96. The molecule has 5 heteroatoms. The standard InChI is InChI=1S/C17H22N4O/c22-17(9-16-14-3-1-2-4-15(14)19-20-16)21-7-5-12-10-18-11-13(12)6-8-21/h1-4,12-13,18H,5-11H2,(H,19,20)/t12-,13+. The number of amides is 1. The van der Waals surface area contributed by atoms with Crippen LogP contribution in [-0.2, 0) is 11.2 Å². The normalized spacial score (nSPS) is 25.2. The van der Waals surface area contributed by atoms with Gasteiger partial charge in [0.05, 0.1) is 17.6 Å². The van der Waals surface area contributed by atoms with Crippen molar-refractivity contribution in [2.75, 3.05) is 26.2 Å². The van der Waals surface area contributed by atoms with Gasteiger partial charge in [-0.3, -0.25) is 9.89 Å². The van der Waals surface area contributed by atoms with Gasteiger partial charge in [0.25, 0.3) is 0 Å². The predicted octanol–water partition coefficient (Wildman–Crippen LogP) is 1.56. The van der Waals surface area contributed by atoms with E-state index in [1.807, 2.05) is 29.2 Å². The summed E-state index contributed by atoms with van der Waals surface area (Å²) in [6.07, 6.45) is 2.69. The molecule has 5 nitrogen and oxygen atoms in total. The van der Waals surface area contributed by atoms with Crippen molar-refractivity contribution in [1.82, 2.24) is 20.4 Å². The molecule has 0 aliphatic carbocycles. The number of nitrogens with zero attached hydrogens (tertiary/aromatic N) is 2. The Labute approximate surface area is 130 Å². The smallest absolute Gasteiger partial charge is 0.228 e. The topological polar surface area (TPSA) is 61.0 Å². The number of hydrogen-bond acceptors (Lipinski definition) is 3.